The molecule has 1 radical (unpaired) electrons. The monoisotopic (exact) mass is 743 g/mol. The third-order valence-corrected chi connectivity index (χ3v) is 8.99. The van der Waals surface area contributed by atoms with Crippen molar-refractivity contribution < 1.29 is 20.1 Å². The minimum absolute atomic E-state index is 0. The van der Waals surface area contributed by atoms with Crippen molar-refractivity contribution in [1.82, 2.24) is 14.7 Å². The van der Waals surface area contributed by atoms with Crippen LogP contribution in [0.2, 0.25) is 0 Å². The topological polar surface area (TPSA) is 19.4 Å². The normalized spacial score (nSPS) is 22.6. The van der Waals surface area contributed by atoms with E-state index in [2.05, 4.69) is 141 Å². The first-order chi connectivity index (χ1) is 20.8. The van der Waals surface area contributed by atoms with Crippen molar-refractivity contribution in [3.8, 4) is 0 Å². The first-order valence-electron chi connectivity index (χ1n) is 15.0. The fraction of sp³-hybridized carbons (Fsp3) is 0.222. The minimum atomic E-state index is 0. The van der Waals surface area contributed by atoms with E-state index < -0.39 is 0 Å². The van der Waals surface area contributed by atoms with Gasteiger partial charge in [0.05, 0.1) is 0 Å². The maximum atomic E-state index is 3.36. The van der Waals surface area contributed by atoms with Gasteiger partial charge in [-0.25, -0.2) is 0 Å². The summed E-state index contributed by atoms with van der Waals surface area (Å²) in [7, 11) is 0. The molecule has 6 nitrogen and oxygen atoms in total. The number of fused-ring (bicyclic) bond motifs is 2. The Bertz CT molecular complexity index is 1480. The first-order valence-corrected chi connectivity index (χ1v) is 15.0. The summed E-state index contributed by atoms with van der Waals surface area (Å²) in [4.78, 5) is 14.0. The van der Waals surface area contributed by atoms with E-state index in [1.54, 1.807) is 0 Å². The van der Waals surface area contributed by atoms with Gasteiger partial charge in [0.2, 0.25) is 0 Å². The number of benzene rings is 3. The Morgan fingerprint density at radius 2 is 1.51 bits per heavy atom. The van der Waals surface area contributed by atoms with Gasteiger partial charge in [0, 0.05) is 39.1 Å². The van der Waals surface area contributed by atoms with Gasteiger partial charge in [-0.3, -0.25) is 12.0 Å². The van der Waals surface area contributed by atoms with Gasteiger partial charge in [-0.15, -0.1) is 17.4 Å². The smallest absolute Gasteiger partial charge is 0.0167 e. The zero-order valence-electron chi connectivity index (χ0n) is 24.0. The van der Waals surface area contributed by atoms with E-state index in [4.69, 9.17) is 0 Å². The molecule has 1 fully saturated rings. The summed E-state index contributed by atoms with van der Waals surface area (Å²) in [6, 6.07) is 33.2. The molecule has 5 heterocycles. The molecule has 3 aromatic carbocycles. The maximum Gasteiger partial charge on any atom is 0.0167 e. The van der Waals surface area contributed by atoms with Gasteiger partial charge in [0.25, 0.3) is 0 Å². The van der Waals surface area contributed by atoms with Gasteiger partial charge in [-0.1, -0.05) is 24.2 Å². The molecule has 0 aromatic heterocycles. The summed E-state index contributed by atoms with van der Waals surface area (Å²) in [5.41, 5.74) is 4.69. The molecule has 0 saturated carbocycles. The molecular weight excluding hydrogens is 709 g/mol. The van der Waals surface area contributed by atoms with E-state index in [9.17, 15) is 0 Å². The molecule has 223 valence electrons. The van der Waals surface area contributed by atoms with Crippen molar-refractivity contribution in [1.29, 1.82) is 0 Å². The van der Waals surface area contributed by atoms with Crippen molar-refractivity contribution in [3.63, 3.8) is 0 Å². The van der Waals surface area contributed by atoms with Crippen LogP contribution in [0.1, 0.15) is 31.2 Å². The van der Waals surface area contributed by atoms with Crippen LogP contribution >= 0.6 is 0 Å². The molecule has 0 bridgehead atoms. The van der Waals surface area contributed by atoms with Gasteiger partial charge < -0.3 is 29.4 Å². The van der Waals surface area contributed by atoms with Crippen molar-refractivity contribution in [2.45, 2.75) is 31.8 Å². The molecule has 3 aromatic rings. The molecule has 8 rings (SSSR count). The molecule has 2 unspecified atom stereocenters. The van der Waals surface area contributed by atoms with E-state index in [0.29, 0.717) is 5.92 Å². The molecule has 43 heavy (non-hydrogen) atoms. The first kappa shape index (κ1) is 28.0. The van der Waals surface area contributed by atoms with Crippen LogP contribution in [0.5, 0.6) is 0 Å². The summed E-state index contributed by atoms with van der Waals surface area (Å²) < 4.78 is 0. The Balaban J connectivity index is 0.00000300. The maximum absolute atomic E-state index is 3.36. The number of rotatable bonds is 6. The zero-order chi connectivity index (χ0) is 27.9. The molecule has 0 spiro atoms. The van der Waals surface area contributed by atoms with Crippen LogP contribution in [0.15, 0.2) is 110 Å². The summed E-state index contributed by atoms with van der Waals surface area (Å²) in [6.45, 7) is 6.48. The Labute approximate surface area is 269 Å². The third-order valence-electron chi connectivity index (χ3n) is 8.99. The number of para-hydroxylation sites is 3. The zero-order valence-corrected chi connectivity index (χ0v) is 26.4. The van der Waals surface area contributed by atoms with Gasteiger partial charge in [-0.2, -0.15) is 92.1 Å². The number of hydrogen-bond donors (Lipinski definition) is 0. The van der Waals surface area contributed by atoms with Gasteiger partial charge in [-0.05, 0) is 56.3 Å². The van der Waals surface area contributed by atoms with Crippen molar-refractivity contribution in [2.75, 3.05) is 27.8 Å². The predicted octanol–water partition coefficient (Wildman–Crippen LogP) is 6.69. The average molecular weight is 743 g/mol. The fourth-order valence-electron chi connectivity index (χ4n) is 6.85. The Morgan fingerprint density at radius 1 is 0.767 bits per heavy atom. The Hall–Kier alpha value is -3.80. The molecule has 0 N–H and O–H groups in total. The molecule has 5 aliphatic rings. The van der Waals surface area contributed by atoms with E-state index in [1.165, 1.54) is 42.5 Å². The van der Waals surface area contributed by atoms with Crippen LogP contribution in [0.4, 0.5) is 17.1 Å². The van der Waals surface area contributed by atoms with Gasteiger partial charge in [0.1, 0.15) is 0 Å². The van der Waals surface area contributed by atoms with E-state index >= 15 is 0 Å². The van der Waals surface area contributed by atoms with E-state index in [1.807, 2.05) is 24.3 Å². The minimum Gasteiger partial charge on any atom is -0.561 e. The molecule has 0 amide bonds. The van der Waals surface area contributed by atoms with Crippen molar-refractivity contribution in [3.05, 3.63) is 153 Å². The summed E-state index contributed by atoms with van der Waals surface area (Å²) >= 11 is 0. The SMILES string of the molecule is [Ir].[c-]1ccccc1N1C=CN(CCC2CC[C-]3[C-](N4C=CN(c5[c-]cccc5)[CH-]4)c4ccccc4N4C=CN(CC2)C34)[CH-]1. The van der Waals surface area contributed by atoms with Gasteiger partial charge in [0.15, 0.2) is 0 Å². The standard InChI is InChI=1S/C36H34N6.Ir/c1-3-9-30(10-4-1)39-22-21-37(27-39)19-17-29-15-16-33-35(41-24-23-40(28-41)31-11-5-2-6-12-31)32-13-7-8-14-34(32)42-26-25-38(20-18-29)36(33)42;/h1-9,11,13-14,21-29,36H,15-20H2;/q-6;. The quantitative estimate of drug-likeness (QED) is 0.261. The summed E-state index contributed by atoms with van der Waals surface area (Å²) in [5.74, 6) is 2.16. The number of anilines is 3. The summed E-state index contributed by atoms with van der Waals surface area (Å²) in [5, 5.41) is 0. The average Bonchev–Trinajstić information content (AvgIpc) is 3.81. The van der Waals surface area contributed by atoms with Gasteiger partial charge >= 0.3 is 0 Å². The van der Waals surface area contributed by atoms with E-state index in [-0.39, 0.29) is 26.3 Å². The second-order valence-electron chi connectivity index (χ2n) is 11.5. The predicted molar refractivity (Wildman–Crippen MR) is 167 cm³/mol. The van der Waals surface area contributed by atoms with E-state index in [0.717, 1.165) is 30.9 Å². The molecule has 0 aliphatic carbocycles. The molecule has 2 atom stereocenters. The van der Waals surface area contributed by atoms with Crippen LogP contribution in [-0.2, 0) is 20.1 Å². The second-order valence-corrected chi connectivity index (χ2v) is 11.5. The van der Waals surface area contributed by atoms with Crippen LogP contribution in [0.25, 0.3) is 0 Å². The largest absolute Gasteiger partial charge is 0.561 e. The Morgan fingerprint density at radius 3 is 2.30 bits per heavy atom. The van der Waals surface area contributed by atoms with Crippen LogP contribution < -0.4 is 14.7 Å². The van der Waals surface area contributed by atoms with Crippen LogP contribution in [0, 0.1) is 43.3 Å². The van der Waals surface area contributed by atoms with Crippen LogP contribution in [0.3, 0.4) is 0 Å². The third kappa shape index (κ3) is 5.30. The molecule has 1 saturated heterocycles. The van der Waals surface area contributed by atoms with Crippen molar-refractivity contribution >= 4 is 17.1 Å². The second kappa shape index (κ2) is 12.1. The number of nitrogens with zero attached hydrogens (tertiary/aromatic N) is 6. The summed E-state index contributed by atoms with van der Waals surface area (Å²) in [6.07, 6.45) is 18.1. The molecule has 7 heteroatoms. The molecule has 5 aliphatic heterocycles. The Kier molecular flexibility index (Phi) is 7.85. The fourth-order valence-corrected chi connectivity index (χ4v) is 6.85. The molecular formula is C36H34IrN6-6. The number of hydrogen-bond acceptors (Lipinski definition) is 6. The van der Waals surface area contributed by atoms with Crippen molar-refractivity contribution in [2.24, 2.45) is 5.92 Å². The van der Waals surface area contributed by atoms with Crippen LogP contribution in [-0.4, -0.2) is 34.0 Å².